The lowest BCUT2D eigenvalue weighted by Gasteiger charge is -2.37. The van der Waals surface area contributed by atoms with Crippen LogP contribution >= 0.6 is 11.3 Å². The first-order valence-electron chi connectivity index (χ1n) is 6.13. The maximum absolute atomic E-state index is 12.1. The van der Waals surface area contributed by atoms with Crippen molar-refractivity contribution >= 4 is 17.1 Å². The van der Waals surface area contributed by atoms with Gasteiger partial charge in [-0.25, -0.2) is 0 Å². The third kappa shape index (κ3) is 3.15. The number of thiophene rings is 1. The van der Waals surface area contributed by atoms with Gasteiger partial charge in [-0.1, -0.05) is 13.0 Å². The summed E-state index contributed by atoms with van der Waals surface area (Å²) in [5.74, 6) is 0.229. The molecule has 94 valence electrons. The third-order valence-electron chi connectivity index (χ3n) is 3.20. The van der Waals surface area contributed by atoms with Crippen LogP contribution in [0.1, 0.15) is 29.9 Å². The van der Waals surface area contributed by atoms with E-state index in [1.165, 1.54) is 11.3 Å². The van der Waals surface area contributed by atoms with Gasteiger partial charge in [0.1, 0.15) is 0 Å². The molecule has 2 unspecified atom stereocenters. The summed E-state index contributed by atoms with van der Waals surface area (Å²) in [6.45, 7) is 6.33. The minimum absolute atomic E-state index is 0.229. The minimum Gasteiger partial charge on any atom is -0.376 e. The molecule has 0 amide bonds. The van der Waals surface area contributed by atoms with Crippen molar-refractivity contribution in [2.45, 2.75) is 32.4 Å². The molecule has 0 spiro atoms. The van der Waals surface area contributed by atoms with Crippen LogP contribution in [-0.2, 0) is 4.74 Å². The van der Waals surface area contributed by atoms with E-state index in [1.54, 1.807) is 0 Å². The zero-order valence-corrected chi connectivity index (χ0v) is 11.2. The third-order valence-corrected chi connectivity index (χ3v) is 4.11. The summed E-state index contributed by atoms with van der Waals surface area (Å²) >= 11 is 1.52. The van der Waals surface area contributed by atoms with Crippen molar-refractivity contribution < 1.29 is 9.53 Å². The molecule has 1 aromatic heterocycles. The zero-order valence-electron chi connectivity index (χ0n) is 10.4. The van der Waals surface area contributed by atoms with Crippen LogP contribution in [0.5, 0.6) is 0 Å². The van der Waals surface area contributed by atoms with Crippen LogP contribution in [0.15, 0.2) is 17.5 Å². The Labute approximate surface area is 106 Å². The van der Waals surface area contributed by atoms with E-state index in [-0.39, 0.29) is 11.9 Å². The van der Waals surface area contributed by atoms with Gasteiger partial charge >= 0.3 is 0 Å². The quantitative estimate of drug-likeness (QED) is 0.772. The van der Waals surface area contributed by atoms with Gasteiger partial charge in [0, 0.05) is 12.6 Å². The highest BCUT2D eigenvalue weighted by molar-refractivity contribution is 7.12. The van der Waals surface area contributed by atoms with Crippen molar-refractivity contribution in [1.82, 2.24) is 4.90 Å². The minimum atomic E-state index is 0.229. The lowest BCUT2D eigenvalue weighted by Crippen LogP contribution is -2.50. The highest BCUT2D eigenvalue weighted by Gasteiger charge is 2.27. The number of Topliss-reactive ketones (excluding diaryl/α,β-unsaturated/α-hetero) is 1. The van der Waals surface area contributed by atoms with Crippen molar-refractivity contribution in [2.75, 3.05) is 19.7 Å². The lowest BCUT2D eigenvalue weighted by atomic mass is 10.1. The summed E-state index contributed by atoms with van der Waals surface area (Å²) in [6.07, 6.45) is 1.26. The molecule has 2 rings (SSSR count). The number of ketones is 1. The summed E-state index contributed by atoms with van der Waals surface area (Å²) in [4.78, 5) is 15.2. The van der Waals surface area contributed by atoms with Crippen molar-refractivity contribution in [3.8, 4) is 0 Å². The Morgan fingerprint density at radius 2 is 2.47 bits per heavy atom. The van der Waals surface area contributed by atoms with Gasteiger partial charge in [0.2, 0.25) is 0 Å². The number of rotatable bonds is 4. The van der Waals surface area contributed by atoms with E-state index in [1.807, 2.05) is 17.5 Å². The first-order chi connectivity index (χ1) is 8.20. The smallest absolute Gasteiger partial charge is 0.186 e. The molecular weight excluding hydrogens is 234 g/mol. The molecule has 4 heteroatoms. The number of hydrogen-bond donors (Lipinski definition) is 0. The molecule has 0 saturated carbocycles. The van der Waals surface area contributed by atoms with E-state index >= 15 is 0 Å². The lowest BCUT2D eigenvalue weighted by molar-refractivity contribution is -0.0523. The maximum atomic E-state index is 12.1. The molecule has 0 N–H and O–H groups in total. The summed E-state index contributed by atoms with van der Waals surface area (Å²) in [5, 5.41) is 1.95. The number of hydrogen-bond acceptors (Lipinski definition) is 4. The highest BCUT2D eigenvalue weighted by Crippen LogP contribution is 2.16. The molecule has 2 heterocycles. The van der Waals surface area contributed by atoms with Crippen LogP contribution in [0.4, 0.5) is 0 Å². The molecule has 0 aromatic carbocycles. The summed E-state index contributed by atoms with van der Waals surface area (Å²) in [7, 11) is 0. The molecule has 1 aliphatic heterocycles. The zero-order chi connectivity index (χ0) is 12.3. The molecule has 1 aromatic rings. The predicted molar refractivity (Wildman–Crippen MR) is 69.7 cm³/mol. The van der Waals surface area contributed by atoms with E-state index in [0.717, 1.165) is 24.4 Å². The number of nitrogens with zero attached hydrogens (tertiary/aromatic N) is 1. The first-order valence-corrected chi connectivity index (χ1v) is 7.01. The van der Waals surface area contributed by atoms with Crippen LogP contribution in [0.2, 0.25) is 0 Å². The molecule has 2 atom stereocenters. The summed E-state index contributed by atoms with van der Waals surface area (Å²) in [6, 6.07) is 4.21. The molecule has 1 fully saturated rings. The molecule has 3 nitrogen and oxygen atoms in total. The largest absolute Gasteiger partial charge is 0.376 e. The Balaban J connectivity index is 1.98. The van der Waals surface area contributed by atoms with Gasteiger partial charge in [-0.05, 0) is 24.8 Å². The second-order valence-electron chi connectivity index (χ2n) is 4.54. The molecule has 0 radical (unpaired) electrons. The van der Waals surface area contributed by atoms with Gasteiger partial charge in [0.25, 0.3) is 0 Å². The van der Waals surface area contributed by atoms with Crippen LogP contribution in [0.25, 0.3) is 0 Å². The Morgan fingerprint density at radius 1 is 1.65 bits per heavy atom. The fourth-order valence-corrected chi connectivity index (χ4v) is 2.84. The van der Waals surface area contributed by atoms with Crippen LogP contribution in [0.3, 0.4) is 0 Å². The second-order valence-corrected chi connectivity index (χ2v) is 5.48. The van der Waals surface area contributed by atoms with Crippen molar-refractivity contribution in [3.05, 3.63) is 22.4 Å². The Hall–Kier alpha value is -0.710. The highest BCUT2D eigenvalue weighted by atomic mass is 32.1. The monoisotopic (exact) mass is 253 g/mol. The van der Waals surface area contributed by atoms with Crippen molar-refractivity contribution in [3.63, 3.8) is 0 Å². The predicted octanol–water partition coefficient (Wildman–Crippen LogP) is 2.43. The molecule has 1 aliphatic rings. The average Bonchev–Trinajstić information content (AvgIpc) is 2.83. The molecule has 17 heavy (non-hydrogen) atoms. The normalized spacial score (nSPS) is 26.0. The Morgan fingerprint density at radius 3 is 3.12 bits per heavy atom. The second kappa shape index (κ2) is 5.76. The van der Waals surface area contributed by atoms with Gasteiger partial charge in [-0.2, -0.15) is 0 Å². The van der Waals surface area contributed by atoms with Gasteiger partial charge in [0.15, 0.2) is 5.78 Å². The van der Waals surface area contributed by atoms with Crippen molar-refractivity contribution in [2.24, 2.45) is 0 Å². The number of carbonyl (C=O) groups excluding carboxylic acids is 1. The van der Waals surface area contributed by atoms with Crippen molar-refractivity contribution in [1.29, 1.82) is 0 Å². The Bertz CT molecular complexity index is 364. The van der Waals surface area contributed by atoms with Gasteiger partial charge < -0.3 is 4.74 Å². The molecule has 1 saturated heterocycles. The standard InChI is InChI=1S/C13H19NO2S/c1-3-11-9-16-10(2)7-14(11)8-12(15)13-5-4-6-17-13/h4-6,10-11H,3,7-9H2,1-2H3. The number of morpholine rings is 1. The van der Waals surface area contributed by atoms with Crippen LogP contribution in [-0.4, -0.2) is 42.5 Å². The van der Waals surface area contributed by atoms with E-state index < -0.39 is 0 Å². The molecule has 0 aliphatic carbocycles. The molecule has 0 bridgehead atoms. The molecular formula is C13H19NO2S. The van der Waals surface area contributed by atoms with Crippen LogP contribution in [0, 0.1) is 0 Å². The fourth-order valence-electron chi connectivity index (χ4n) is 2.18. The SMILES string of the molecule is CCC1COC(C)CN1CC(=O)c1cccs1. The van der Waals surface area contributed by atoms with Crippen LogP contribution < -0.4 is 0 Å². The maximum Gasteiger partial charge on any atom is 0.186 e. The summed E-state index contributed by atoms with van der Waals surface area (Å²) < 4.78 is 5.63. The number of ether oxygens (including phenoxy) is 1. The van der Waals surface area contributed by atoms with E-state index in [9.17, 15) is 4.79 Å². The number of carbonyl (C=O) groups is 1. The van der Waals surface area contributed by atoms with E-state index in [2.05, 4.69) is 18.7 Å². The van der Waals surface area contributed by atoms with E-state index in [0.29, 0.717) is 12.6 Å². The van der Waals surface area contributed by atoms with Gasteiger partial charge in [-0.3, -0.25) is 9.69 Å². The average molecular weight is 253 g/mol. The summed E-state index contributed by atoms with van der Waals surface area (Å²) in [5.41, 5.74) is 0. The van der Waals surface area contributed by atoms with Gasteiger partial charge in [-0.15, -0.1) is 11.3 Å². The van der Waals surface area contributed by atoms with E-state index in [4.69, 9.17) is 4.74 Å². The topological polar surface area (TPSA) is 29.5 Å². The first kappa shape index (κ1) is 12.7. The fraction of sp³-hybridized carbons (Fsp3) is 0.615. The Kier molecular flexibility index (Phi) is 4.31. The van der Waals surface area contributed by atoms with Gasteiger partial charge in [0.05, 0.1) is 24.1 Å².